The number of carbonyl (C=O) groups is 1. The van der Waals surface area contributed by atoms with E-state index in [0.29, 0.717) is 16.9 Å². The number of allylic oxidation sites excluding steroid dienone is 2. The fraction of sp³-hybridized carbons (Fsp3) is 0.438. The van der Waals surface area contributed by atoms with Crippen molar-refractivity contribution in [2.24, 2.45) is 22.4 Å². The molecule has 1 N–H and O–H groups in total. The molecule has 0 saturated heterocycles. The molecule has 2 bridgehead atoms. The van der Waals surface area contributed by atoms with Crippen molar-refractivity contribution >= 4 is 12.1 Å². The fourth-order valence-electron chi connectivity index (χ4n) is 3.27. The van der Waals surface area contributed by atoms with Gasteiger partial charge in [-0.3, -0.25) is 9.78 Å². The number of hydrazone groups is 1. The van der Waals surface area contributed by atoms with Crippen LogP contribution in [0.15, 0.2) is 41.3 Å². The molecular weight excluding hydrogens is 250 g/mol. The van der Waals surface area contributed by atoms with Gasteiger partial charge in [-0.1, -0.05) is 19.9 Å². The van der Waals surface area contributed by atoms with E-state index in [-0.39, 0.29) is 5.91 Å². The molecular formula is C16H19N3O. The Kier molecular flexibility index (Phi) is 3.16. The molecule has 1 saturated carbocycles. The molecule has 0 aliphatic heterocycles. The number of rotatable bonds is 3. The third-order valence-electron chi connectivity index (χ3n) is 4.81. The van der Waals surface area contributed by atoms with Gasteiger partial charge in [0, 0.05) is 12.4 Å². The highest BCUT2D eigenvalue weighted by Gasteiger charge is 2.50. The second-order valence-corrected chi connectivity index (χ2v) is 6.19. The van der Waals surface area contributed by atoms with Gasteiger partial charge in [-0.15, -0.1) is 0 Å². The molecule has 1 aromatic rings. The number of nitrogens with zero attached hydrogens (tertiary/aromatic N) is 2. The van der Waals surface area contributed by atoms with Gasteiger partial charge >= 0.3 is 0 Å². The van der Waals surface area contributed by atoms with Crippen LogP contribution >= 0.6 is 0 Å². The van der Waals surface area contributed by atoms with Crippen LogP contribution in [0.5, 0.6) is 0 Å². The minimum Gasteiger partial charge on any atom is -0.267 e. The molecule has 104 valence electrons. The highest BCUT2D eigenvalue weighted by Crippen LogP contribution is 2.58. The monoisotopic (exact) mass is 269 g/mol. The molecule has 1 aromatic heterocycles. The van der Waals surface area contributed by atoms with Crippen molar-refractivity contribution in [2.45, 2.75) is 26.7 Å². The average Bonchev–Trinajstić information content (AvgIpc) is 2.48. The summed E-state index contributed by atoms with van der Waals surface area (Å²) in [6, 6.07) is 3.46. The van der Waals surface area contributed by atoms with Gasteiger partial charge < -0.3 is 0 Å². The lowest BCUT2D eigenvalue weighted by Crippen LogP contribution is -2.48. The van der Waals surface area contributed by atoms with Crippen molar-refractivity contribution in [2.75, 3.05) is 0 Å². The lowest BCUT2D eigenvalue weighted by Gasteiger charge is -2.55. The second kappa shape index (κ2) is 4.85. The third-order valence-corrected chi connectivity index (χ3v) is 4.81. The van der Waals surface area contributed by atoms with E-state index < -0.39 is 0 Å². The zero-order valence-corrected chi connectivity index (χ0v) is 11.8. The highest BCUT2D eigenvalue weighted by molar-refractivity contribution is 5.94. The van der Waals surface area contributed by atoms with Gasteiger partial charge in [-0.2, -0.15) is 5.10 Å². The first-order chi connectivity index (χ1) is 9.59. The van der Waals surface area contributed by atoms with Crippen LogP contribution in [0.4, 0.5) is 0 Å². The number of nitrogens with one attached hydrogen (secondary N) is 1. The number of aromatic nitrogens is 1. The Bertz CT molecular complexity index is 575. The Morgan fingerprint density at radius 2 is 2.40 bits per heavy atom. The number of pyridine rings is 1. The van der Waals surface area contributed by atoms with Crippen LogP contribution in [-0.4, -0.2) is 17.1 Å². The summed E-state index contributed by atoms with van der Waals surface area (Å²) in [5, 5.41) is 4.09. The van der Waals surface area contributed by atoms with E-state index in [1.54, 1.807) is 24.5 Å². The van der Waals surface area contributed by atoms with Crippen molar-refractivity contribution < 1.29 is 4.79 Å². The van der Waals surface area contributed by atoms with Crippen molar-refractivity contribution in [1.82, 2.24) is 10.4 Å². The average molecular weight is 269 g/mol. The molecule has 0 aromatic carbocycles. The Morgan fingerprint density at radius 3 is 3.05 bits per heavy atom. The minimum absolute atomic E-state index is 0.225. The first kappa shape index (κ1) is 13.0. The zero-order valence-electron chi connectivity index (χ0n) is 11.8. The van der Waals surface area contributed by atoms with E-state index in [0.717, 1.165) is 12.3 Å². The summed E-state index contributed by atoms with van der Waals surface area (Å²) in [7, 11) is 0. The quantitative estimate of drug-likeness (QED) is 0.677. The predicted molar refractivity (Wildman–Crippen MR) is 78.3 cm³/mol. The van der Waals surface area contributed by atoms with Crippen LogP contribution in [-0.2, 0) is 0 Å². The number of hydrogen-bond donors (Lipinski definition) is 1. The van der Waals surface area contributed by atoms with Crippen LogP contribution < -0.4 is 5.43 Å². The Hall–Kier alpha value is -1.97. The summed E-state index contributed by atoms with van der Waals surface area (Å²) in [4.78, 5) is 15.7. The summed E-state index contributed by atoms with van der Waals surface area (Å²) in [6.07, 6.45) is 9.61. The van der Waals surface area contributed by atoms with Gasteiger partial charge in [0.1, 0.15) is 0 Å². The van der Waals surface area contributed by atoms with E-state index in [4.69, 9.17) is 0 Å². The van der Waals surface area contributed by atoms with Crippen LogP contribution in [0.1, 0.15) is 37.0 Å². The van der Waals surface area contributed by atoms with Crippen molar-refractivity contribution in [1.29, 1.82) is 0 Å². The molecule has 3 aliphatic rings. The second-order valence-electron chi connectivity index (χ2n) is 6.19. The first-order valence-electron chi connectivity index (χ1n) is 7.02. The van der Waals surface area contributed by atoms with Gasteiger partial charge in [-0.25, -0.2) is 5.43 Å². The molecule has 2 atom stereocenters. The van der Waals surface area contributed by atoms with E-state index in [9.17, 15) is 4.79 Å². The first-order valence-corrected chi connectivity index (χ1v) is 7.02. The number of fused-ring (bicyclic) bond motifs is 1. The van der Waals surface area contributed by atoms with Gasteiger partial charge in [0.15, 0.2) is 0 Å². The lowest BCUT2D eigenvalue weighted by molar-refractivity contribution is -0.00126. The summed E-state index contributed by atoms with van der Waals surface area (Å²) in [5.41, 5.74) is 4.71. The maximum atomic E-state index is 11.8. The summed E-state index contributed by atoms with van der Waals surface area (Å²) in [5.74, 6) is 1.17. The van der Waals surface area contributed by atoms with Gasteiger partial charge in [0.2, 0.25) is 0 Å². The molecule has 3 aliphatic carbocycles. The highest BCUT2D eigenvalue weighted by atomic mass is 16.2. The van der Waals surface area contributed by atoms with Crippen molar-refractivity contribution in [3.63, 3.8) is 0 Å². The standard InChI is InChI=1S/C16H19N3O/c1-16(2)13-6-5-11(14(16)8-13)10-18-19-15(20)12-4-3-7-17-9-12/h3-5,7,9-10,13-14H,6,8H2,1-2H3,(H,19,20)/t13-,14+/m0/s1. The molecule has 1 amide bonds. The Balaban J connectivity index is 1.62. The zero-order chi connectivity index (χ0) is 14.2. The normalized spacial score (nSPS) is 26.8. The molecule has 0 radical (unpaired) electrons. The van der Waals surface area contributed by atoms with Gasteiger partial charge in [0.25, 0.3) is 5.91 Å². The number of hydrogen-bond acceptors (Lipinski definition) is 3. The fourth-order valence-corrected chi connectivity index (χ4v) is 3.27. The summed E-state index contributed by atoms with van der Waals surface area (Å²) >= 11 is 0. The Labute approximate surface area is 119 Å². The molecule has 0 spiro atoms. The molecule has 4 rings (SSSR count). The van der Waals surface area contributed by atoms with E-state index in [2.05, 4.69) is 35.4 Å². The molecule has 1 heterocycles. The number of amides is 1. The number of carbonyl (C=O) groups excluding carboxylic acids is 1. The molecule has 4 nitrogen and oxygen atoms in total. The third kappa shape index (κ3) is 2.15. The van der Waals surface area contributed by atoms with Crippen LogP contribution in [0.3, 0.4) is 0 Å². The predicted octanol–water partition coefficient (Wildman–Crippen LogP) is 2.79. The minimum atomic E-state index is -0.225. The smallest absolute Gasteiger partial charge is 0.267 e. The maximum Gasteiger partial charge on any atom is 0.272 e. The maximum absolute atomic E-state index is 11.8. The molecule has 20 heavy (non-hydrogen) atoms. The van der Waals surface area contributed by atoms with E-state index in [1.807, 2.05) is 0 Å². The van der Waals surface area contributed by atoms with Gasteiger partial charge in [-0.05, 0) is 47.8 Å². The van der Waals surface area contributed by atoms with Gasteiger partial charge in [0.05, 0.1) is 11.8 Å². The molecule has 0 unspecified atom stereocenters. The molecule has 4 heteroatoms. The lowest BCUT2D eigenvalue weighted by atomic mass is 9.49. The Morgan fingerprint density at radius 1 is 1.55 bits per heavy atom. The van der Waals surface area contributed by atoms with E-state index >= 15 is 0 Å². The van der Waals surface area contributed by atoms with Crippen molar-refractivity contribution in [3.8, 4) is 0 Å². The van der Waals surface area contributed by atoms with Crippen molar-refractivity contribution in [3.05, 3.63) is 41.7 Å². The van der Waals surface area contributed by atoms with Crippen LogP contribution in [0, 0.1) is 17.3 Å². The SMILES string of the molecule is CC1(C)[C@H]2CC=C(C=NNC(=O)c3cccnc3)[C@H]1C2. The topological polar surface area (TPSA) is 54.4 Å². The largest absolute Gasteiger partial charge is 0.272 e. The van der Waals surface area contributed by atoms with E-state index in [1.165, 1.54) is 18.2 Å². The molecule has 1 fully saturated rings. The van der Waals surface area contributed by atoms with Crippen LogP contribution in [0.2, 0.25) is 0 Å². The summed E-state index contributed by atoms with van der Waals surface area (Å²) in [6.45, 7) is 4.64. The van der Waals surface area contributed by atoms with Crippen LogP contribution in [0.25, 0.3) is 0 Å². The summed E-state index contributed by atoms with van der Waals surface area (Å²) < 4.78 is 0.